The Morgan fingerprint density at radius 3 is 2.52 bits per heavy atom. The first-order valence-corrected chi connectivity index (χ1v) is 7.59. The summed E-state index contributed by atoms with van der Waals surface area (Å²) in [5.41, 5.74) is 2.39. The number of rotatable bonds is 5. The van der Waals surface area contributed by atoms with Gasteiger partial charge in [0.05, 0.1) is 6.10 Å². The Bertz CT molecular complexity index is 659. The molecule has 6 heteroatoms. The number of amides is 2. The van der Waals surface area contributed by atoms with Crippen LogP contribution in [0.15, 0.2) is 48.5 Å². The molecule has 0 aliphatic rings. The van der Waals surface area contributed by atoms with Gasteiger partial charge >= 0.3 is 6.03 Å². The van der Waals surface area contributed by atoms with Crippen molar-refractivity contribution in [2.45, 2.75) is 6.10 Å². The van der Waals surface area contributed by atoms with E-state index in [4.69, 9.17) is 11.6 Å². The summed E-state index contributed by atoms with van der Waals surface area (Å²) in [5.74, 6) is 0. The second kappa shape index (κ2) is 7.85. The molecule has 23 heavy (non-hydrogen) atoms. The Hall–Kier alpha value is -2.24. The molecule has 0 fully saturated rings. The molecule has 0 aliphatic carbocycles. The van der Waals surface area contributed by atoms with Crippen LogP contribution in [-0.4, -0.2) is 31.8 Å². The number of hydrogen-bond donors (Lipinski definition) is 3. The van der Waals surface area contributed by atoms with Crippen LogP contribution in [0.5, 0.6) is 0 Å². The van der Waals surface area contributed by atoms with Crippen molar-refractivity contribution < 1.29 is 9.90 Å². The lowest BCUT2D eigenvalue weighted by Gasteiger charge is -2.16. The predicted molar refractivity (Wildman–Crippen MR) is 94.2 cm³/mol. The van der Waals surface area contributed by atoms with Gasteiger partial charge in [0.2, 0.25) is 0 Å². The molecule has 2 rings (SSSR count). The lowest BCUT2D eigenvalue weighted by Crippen LogP contribution is -2.32. The predicted octanol–water partition coefficient (Wildman–Crippen LogP) is 3.26. The molecule has 0 radical (unpaired) electrons. The number of urea groups is 1. The van der Waals surface area contributed by atoms with Crippen molar-refractivity contribution in [1.29, 1.82) is 0 Å². The zero-order valence-electron chi connectivity index (χ0n) is 13.1. The summed E-state index contributed by atoms with van der Waals surface area (Å²) in [4.78, 5) is 13.8. The minimum absolute atomic E-state index is 0.119. The van der Waals surface area contributed by atoms with Crippen molar-refractivity contribution in [2.24, 2.45) is 0 Å². The van der Waals surface area contributed by atoms with Gasteiger partial charge in [0.1, 0.15) is 0 Å². The molecule has 0 aliphatic heterocycles. The third kappa shape index (κ3) is 5.16. The fourth-order valence-corrected chi connectivity index (χ4v) is 2.23. The summed E-state index contributed by atoms with van der Waals surface area (Å²) in [6.45, 7) is 0.119. The van der Waals surface area contributed by atoms with E-state index in [1.54, 1.807) is 24.3 Å². The number of nitrogens with zero attached hydrogens (tertiary/aromatic N) is 1. The van der Waals surface area contributed by atoms with Gasteiger partial charge in [0.15, 0.2) is 0 Å². The van der Waals surface area contributed by atoms with Gasteiger partial charge < -0.3 is 20.6 Å². The quantitative estimate of drug-likeness (QED) is 0.787. The molecule has 2 amide bonds. The van der Waals surface area contributed by atoms with Gasteiger partial charge in [0.25, 0.3) is 0 Å². The summed E-state index contributed by atoms with van der Waals surface area (Å²) < 4.78 is 0. The molecule has 0 spiro atoms. The lowest BCUT2D eigenvalue weighted by molar-refractivity contribution is 0.175. The average Bonchev–Trinajstić information content (AvgIpc) is 2.52. The van der Waals surface area contributed by atoms with Crippen LogP contribution in [0, 0.1) is 0 Å². The van der Waals surface area contributed by atoms with E-state index in [1.165, 1.54) is 0 Å². The molecule has 0 bridgehead atoms. The zero-order chi connectivity index (χ0) is 16.8. The summed E-state index contributed by atoms with van der Waals surface area (Å²) in [6.07, 6.45) is -0.767. The van der Waals surface area contributed by atoms with Crippen molar-refractivity contribution in [3.63, 3.8) is 0 Å². The molecule has 2 aromatic rings. The van der Waals surface area contributed by atoms with Crippen LogP contribution in [-0.2, 0) is 0 Å². The zero-order valence-corrected chi connectivity index (χ0v) is 13.8. The van der Waals surface area contributed by atoms with Gasteiger partial charge in [-0.3, -0.25) is 0 Å². The molecule has 5 nitrogen and oxygen atoms in total. The van der Waals surface area contributed by atoms with E-state index in [1.807, 2.05) is 43.3 Å². The molecular formula is C17H20ClN3O2. The van der Waals surface area contributed by atoms with Gasteiger partial charge in [-0.15, -0.1) is 0 Å². The Morgan fingerprint density at radius 2 is 1.91 bits per heavy atom. The Morgan fingerprint density at radius 1 is 1.22 bits per heavy atom. The van der Waals surface area contributed by atoms with Gasteiger partial charge in [-0.05, 0) is 35.9 Å². The minimum atomic E-state index is -0.767. The highest BCUT2D eigenvalue weighted by Crippen LogP contribution is 2.18. The number of benzene rings is 2. The number of anilines is 2. The third-order valence-corrected chi connectivity index (χ3v) is 3.57. The van der Waals surface area contributed by atoms with E-state index in [-0.39, 0.29) is 6.54 Å². The van der Waals surface area contributed by atoms with Crippen LogP contribution < -0.4 is 15.5 Å². The lowest BCUT2D eigenvalue weighted by atomic mass is 10.1. The summed E-state index contributed by atoms with van der Waals surface area (Å²) >= 11 is 5.86. The SMILES string of the molecule is CN(C)c1ccc(C(O)CNC(=O)Nc2cccc(Cl)c2)cc1. The third-order valence-electron chi connectivity index (χ3n) is 3.33. The van der Waals surface area contributed by atoms with Crippen molar-refractivity contribution in [3.8, 4) is 0 Å². The molecule has 0 aromatic heterocycles. The number of halogens is 1. The van der Waals surface area contributed by atoms with Crippen molar-refractivity contribution >= 4 is 29.0 Å². The van der Waals surface area contributed by atoms with Crippen LogP contribution in [0.3, 0.4) is 0 Å². The first kappa shape index (κ1) is 17.1. The molecule has 1 atom stereocenters. The molecule has 3 N–H and O–H groups in total. The number of aliphatic hydroxyl groups excluding tert-OH is 1. The fourth-order valence-electron chi connectivity index (χ4n) is 2.04. The van der Waals surface area contributed by atoms with Crippen LogP contribution >= 0.6 is 11.6 Å². The second-order valence-electron chi connectivity index (χ2n) is 5.35. The summed E-state index contributed by atoms with van der Waals surface area (Å²) in [5, 5.41) is 16.0. The first-order chi connectivity index (χ1) is 11.0. The highest BCUT2D eigenvalue weighted by atomic mass is 35.5. The van der Waals surface area contributed by atoms with E-state index in [9.17, 15) is 9.90 Å². The highest BCUT2D eigenvalue weighted by molar-refractivity contribution is 6.30. The topological polar surface area (TPSA) is 64.6 Å². The number of carbonyl (C=O) groups excluding carboxylic acids is 1. The maximum Gasteiger partial charge on any atom is 0.319 e. The van der Waals surface area contributed by atoms with Crippen LogP contribution in [0.25, 0.3) is 0 Å². The van der Waals surface area contributed by atoms with Crippen LogP contribution in [0.2, 0.25) is 5.02 Å². The Balaban J connectivity index is 1.85. The van der Waals surface area contributed by atoms with Crippen molar-refractivity contribution in [2.75, 3.05) is 30.9 Å². The highest BCUT2D eigenvalue weighted by Gasteiger charge is 2.10. The molecule has 2 aromatic carbocycles. The molecule has 1 unspecified atom stereocenters. The van der Waals surface area contributed by atoms with Crippen LogP contribution in [0.4, 0.5) is 16.2 Å². The smallest absolute Gasteiger partial charge is 0.319 e. The Kier molecular flexibility index (Phi) is 5.84. The maximum atomic E-state index is 11.8. The summed E-state index contributed by atoms with van der Waals surface area (Å²) in [7, 11) is 3.90. The number of aliphatic hydroxyl groups is 1. The van der Waals surface area contributed by atoms with Crippen molar-refractivity contribution in [3.05, 3.63) is 59.1 Å². The number of nitrogens with one attached hydrogen (secondary N) is 2. The van der Waals surface area contributed by atoms with E-state index < -0.39 is 12.1 Å². The first-order valence-electron chi connectivity index (χ1n) is 7.21. The van der Waals surface area contributed by atoms with Gasteiger partial charge in [-0.2, -0.15) is 0 Å². The normalized spacial score (nSPS) is 11.7. The maximum absolute atomic E-state index is 11.8. The van der Waals surface area contributed by atoms with Crippen LogP contribution in [0.1, 0.15) is 11.7 Å². The van der Waals surface area contributed by atoms with Crippen molar-refractivity contribution in [1.82, 2.24) is 5.32 Å². The fraction of sp³-hybridized carbons (Fsp3) is 0.235. The second-order valence-corrected chi connectivity index (χ2v) is 5.78. The molecule has 0 heterocycles. The van der Waals surface area contributed by atoms with Gasteiger partial charge in [-0.25, -0.2) is 4.79 Å². The van der Waals surface area contributed by atoms with E-state index >= 15 is 0 Å². The van der Waals surface area contributed by atoms with E-state index in [0.717, 1.165) is 11.3 Å². The Labute approximate surface area is 140 Å². The monoisotopic (exact) mass is 333 g/mol. The largest absolute Gasteiger partial charge is 0.387 e. The number of carbonyl (C=O) groups is 1. The standard InChI is InChI=1S/C17H20ClN3O2/c1-21(2)15-8-6-12(7-9-15)16(22)11-19-17(23)20-14-5-3-4-13(18)10-14/h3-10,16,22H,11H2,1-2H3,(H2,19,20,23). The number of hydrogen-bond acceptors (Lipinski definition) is 3. The molecule has 122 valence electrons. The average molecular weight is 334 g/mol. The van der Waals surface area contributed by atoms with Gasteiger partial charge in [0, 0.05) is 37.0 Å². The van der Waals surface area contributed by atoms with E-state index in [0.29, 0.717) is 10.7 Å². The molecule has 0 saturated carbocycles. The van der Waals surface area contributed by atoms with Gasteiger partial charge in [-0.1, -0.05) is 29.8 Å². The van der Waals surface area contributed by atoms with E-state index in [2.05, 4.69) is 10.6 Å². The minimum Gasteiger partial charge on any atom is -0.387 e. The molecule has 0 saturated heterocycles. The molecular weight excluding hydrogens is 314 g/mol. The summed E-state index contributed by atoms with van der Waals surface area (Å²) in [6, 6.07) is 14.0.